The molecule has 79 heavy (non-hydrogen) atoms. The van der Waals surface area contributed by atoms with E-state index < -0.39 is 0 Å². The molecule has 0 atom stereocenters. The van der Waals surface area contributed by atoms with E-state index in [4.69, 9.17) is 15.0 Å². The SMILES string of the molecule is CC(C)(C)Cc1ccc(-c2cc3ncc2CCc2cc4cc(c2)CC(C)(C)c2ccc(nc2)-c2ccc(cc2)C(C)(C)Cc2cc(cc(c2)C(C)(C)Cc2ccc(cc2)-c2ccc(cn2)C(C)(C)C4)CCc2ccc-3cc2)cc1. The van der Waals surface area contributed by atoms with E-state index in [0.717, 1.165) is 91.6 Å². The maximum absolute atomic E-state index is 5.26. The first kappa shape index (κ1) is 53.8. The Morgan fingerprint density at radius 1 is 0.329 bits per heavy atom. The van der Waals surface area contributed by atoms with Crippen molar-refractivity contribution in [2.45, 2.75) is 156 Å². The topological polar surface area (TPSA) is 38.7 Å². The molecule has 0 saturated heterocycles. The predicted molar refractivity (Wildman–Crippen MR) is 332 cm³/mol. The number of benzene rings is 6. The van der Waals surface area contributed by atoms with Crippen molar-refractivity contribution in [3.8, 4) is 44.9 Å². The maximum atomic E-state index is 5.26. The van der Waals surface area contributed by atoms with E-state index in [0.29, 0.717) is 0 Å². The lowest BCUT2D eigenvalue weighted by Crippen LogP contribution is -2.23. The smallest absolute Gasteiger partial charge is 0.0708 e. The highest BCUT2D eigenvalue weighted by Gasteiger charge is 2.29. The van der Waals surface area contributed by atoms with Gasteiger partial charge in [0.1, 0.15) is 0 Å². The van der Waals surface area contributed by atoms with Gasteiger partial charge in [0, 0.05) is 35.3 Å². The second-order valence-corrected chi connectivity index (χ2v) is 27.4. The fourth-order valence-electron chi connectivity index (χ4n) is 12.8. The average molecular weight is 1040 g/mol. The van der Waals surface area contributed by atoms with Crippen LogP contribution in [0.25, 0.3) is 44.9 Å². The highest BCUT2D eigenvalue weighted by molar-refractivity contribution is 5.74. The lowest BCUT2D eigenvalue weighted by Gasteiger charge is -2.30. The van der Waals surface area contributed by atoms with Gasteiger partial charge in [0.2, 0.25) is 0 Å². The van der Waals surface area contributed by atoms with Crippen LogP contribution in [-0.4, -0.2) is 15.0 Å². The Morgan fingerprint density at radius 3 is 1.27 bits per heavy atom. The highest BCUT2D eigenvalue weighted by atomic mass is 14.7. The van der Waals surface area contributed by atoms with E-state index in [9.17, 15) is 0 Å². The molecule has 18 aliphatic heterocycles. The van der Waals surface area contributed by atoms with Gasteiger partial charge in [-0.1, -0.05) is 222 Å². The second-order valence-electron chi connectivity index (χ2n) is 27.4. The molecule has 0 radical (unpaired) electrons. The molecule has 27 aliphatic rings. The zero-order valence-electron chi connectivity index (χ0n) is 49.0. The Morgan fingerprint density at radius 2 is 0.722 bits per heavy atom. The first-order valence-electron chi connectivity index (χ1n) is 29.2. The molecule has 3 nitrogen and oxygen atoms in total. The Hall–Kier alpha value is -7.23. The summed E-state index contributed by atoms with van der Waals surface area (Å²) in [5.74, 6) is 0. The summed E-state index contributed by atoms with van der Waals surface area (Å²) in [6, 6.07) is 63.4. The van der Waals surface area contributed by atoms with Crippen molar-refractivity contribution >= 4 is 0 Å². The lowest BCUT2D eigenvalue weighted by molar-refractivity contribution is 0.411. The van der Waals surface area contributed by atoms with Gasteiger partial charge in [0.05, 0.1) is 17.1 Å². The Balaban J connectivity index is 1.07. The molecule has 0 spiro atoms. The molecule has 36 rings (SSSR count). The molecule has 21 heterocycles. The van der Waals surface area contributed by atoms with Crippen LogP contribution in [0.3, 0.4) is 0 Å². The lowest BCUT2D eigenvalue weighted by atomic mass is 9.75. The number of aromatic nitrogens is 3. The summed E-state index contributed by atoms with van der Waals surface area (Å²) in [5.41, 5.74) is 26.0. The van der Waals surface area contributed by atoms with Crippen LogP contribution in [0.5, 0.6) is 0 Å². The van der Waals surface area contributed by atoms with E-state index in [2.05, 4.69) is 259 Å². The fraction of sp³-hybridized carbons (Fsp3) is 0.329. The normalized spacial score (nSPS) is 16.6. The molecule has 6 aromatic carbocycles. The van der Waals surface area contributed by atoms with E-state index in [1.54, 1.807) is 0 Å². The van der Waals surface area contributed by atoms with Crippen LogP contribution in [0.15, 0.2) is 182 Å². The summed E-state index contributed by atoms with van der Waals surface area (Å²) < 4.78 is 0. The Bertz CT molecular complexity index is 3600. The van der Waals surface area contributed by atoms with Gasteiger partial charge in [0.15, 0.2) is 0 Å². The Labute approximate surface area is 473 Å². The van der Waals surface area contributed by atoms with Gasteiger partial charge in [-0.05, 0) is 187 Å². The molecule has 0 unspecified atom stereocenters. The minimum absolute atomic E-state index is 0.104. The van der Waals surface area contributed by atoms with Gasteiger partial charge in [-0.15, -0.1) is 0 Å². The van der Waals surface area contributed by atoms with Crippen LogP contribution in [-0.2, 0) is 79.4 Å². The summed E-state index contributed by atoms with van der Waals surface area (Å²) in [6.45, 7) is 26.1. The molecule has 400 valence electrons. The van der Waals surface area contributed by atoms with Gasteiger partial charge < -0.3 is 0 Å². The van der Waals surface area contributed by atoms with E-state index in [1.165, 1.54) is 83.5 Å². The monoisotopic (exact) mass is 1040 g/mol. The summed E-state index contributed by atoms with van der Waals surface area (Å²) in [6.07, 6.45) is 14.8. The van der Waals surface area contributed by atoms with Crippen LogP contribution in [0.2, 0.25) is 0 Å². The first-order chi connectivity index (χ1) is 37.6. The number of hydrogen-bond donors (Lipinski definition) is 0. The van der Waals surface area contributed by atoms with Gasteiger partial charge in [-0.2, -0.15) is 0 Å². The fourth-order valence-corrected chi connectivity index (χ4v) is 12.8. The van der Waals surface area contributed by atoms with Gasteiger partial charge >= 0.3 is 0 Å². The Kier molecular flexibility index (Phi) is 14.4. The van der Waals surface area contributed by atoms with E-state index in [1.807, 2.05) is 0 Å². The summed E-state index contributed by atoms with van der Waals surface area (Å²) in [7, 11) is 0. The van der Waals surface area contributed by atoms with Crippen molar-refractivity contribution in [2.75, 3.05) is 0 Å². The third kappa shape index (κ3) is 12.3. The summed E-state index contributed by atoms with van der Waals surface area (Å²) in [5, 5.41) is 0. The van der Waals surface area contributed by atoms with Gasteiger partial charge in [-0.25, -0.2) is 0 Å². The molecule has 0 saturated carbocycles. The molecule has 0 N–H and O–H groups in total. The van der Waals surface area contributed by atoms with Crippen molar-refractivity contribution in [1.29, 1.82) is 0 Å². The van der Waals surface area contributed by atoms with Crippen LogP contribution in [0.1, 0.15) is 148 Å². The third-order valence-corrected chi connectivity index (χ3v) is 17.5. The standard InChI is InChI=1S/C76H81N3/c1-72(2,3)43-52-16-21-59(22-17-52)68-42-71-62-23-14-51(15-24-62)12-13-55-38-58-41-67(40-55)76(10,11)44-53-18-25-60(26-19-53)69-34-32-65(49-78-69)74(6,7)45-56-36-54(20-27-63(68)48-77-71)37-57(39-56)46-75(8,9)66-33-35-70(79-50-66)61-28-30-64(31-29-61)73(4,5)47-58/h14-19,21-26,28-42,48-50H,12-13,20,27,43-47H2,1-11H3. The minimum Gasteiger partial charge on any atom is -0.256 e. The number of pyridine rings is 3. The quantitative estimate of drug-likeness (QED) is 0.173. The predicted octanol–water partition coefficient (Wildman–Crippen LogP) is 18.4. The van der Waals surface area contributed by atoms with E-state index in [-0.39, 0.29) is 27.1 Å². The van der Waals surface area contributed by atoms with Crippen molar-refractivity contribution in [3.63, 3.8) is 0 Å². The molecule has 9 aromatic rings. The van der Waals surface area contributed by atoms with Gasteiger partial charge in [-0.3, -0.25) is 15.0 Å². The first-order valence-corrected chi connectivity index (χ1v) is 29.2. The van der Waals surface area contributed by atoms with Crippen molar-refractivity contribution < 1.29 is 0 Å². The number of hydrogen-bond acceptors (Lipinski definition) is 3. The average Bonchev–Trinajstić information content (AvgIpc) is 3.41. The van der Waals surface area contributed by atoms with Crippen LogP contribution in [0, 0.1) is 5.41 Å². The van der Waals surface area contributed by atoms with Crippen molar-refractivity contribution in [2.24, 2.45) is 5.41 Å². The van der Waals surface area contributed by atoms with Crippen LogP contribution < -0.4 is 0 Å². The molecule has 18 bridgehead atoms. The second kappa shape index (κ2) is 21.1. The molecule has 3 aromatic heterocycles. The zero-order valence-corrected chi connectivity index (χ0v) is 49.0. The van der Waals surface area contributed by atoms with Gasteiger partial charge in [0.25, 0.3) is 0 Å². The summed E-state index contributed by atoms with van der Waals surface area (Å²) in [4.78, 5) is 15.6. The minimum atomic E-state index is -0.166. The molecule has 9 aliphatic carbocycles. The molecular weight excluding hydrogens is 955 g/mol. The number of rotatable bonds is 2. The van der Waals surface area contributed by atoms with Crippen LogP contribution in [0.4, 0.5) is 0 Å². The summed E-state index contributed by atoms with van der Waals surface area (Å²) >= 11 is 0. The van der Waals surface area contributed by atoms with Crippen molar-refractivity contribution in [1.82, 2.24) is 15.0 Å². The van der Waals surface area contributed by atoms with E-state index >= 15 is 0 Å². The molecular formula is C76H81N3. The van der Waals surface area contributed by atoms with Crippen LogP contribution >= 0.6 is 0 Å². The third-order valence-electron chi connectivity index (χ3n) is 17.5. The molecule has 0 fully saturated rings. The molecule has 0 amide bonds. The molecule has 3 heteroatoms. The largest absolute Gasteiger partial charge is 0.256 e. The highest BCUT2D eigenvalue weighted by Crippen LogP contribution is 2.38. The maximum Gasteiger partial charge on any atom is 0.0708 e. The zero-order chi connectivity index (χ0) is 55.3. The number of aryl methyl sites for hydroxylation is 4. The van der Waals surface area contributed by atoms with Crippen molar-refractivity contribution in [3.05, 3.63) is 255 Å². The number of nitrogens with zero attached hydrogens (tertiary/aromatic N) is 3.